The summed E-state index contributed by atoms with van der Waals surface area (Å²) in [6.45, 7) is 2.02. The fourth-order valence-corrected chi connectivity index (χ4v) is 3.31. The SMILES string of the molecule is CC1[C@@H]2C(C=Cc3ccccc3)NC(=O)N(C)[C@H]2NC(=O)N1C. The van der Waals surface area contributed by atoms with Crippen LogP contribution in [-0.2, 0) is 0 Å². The molecule has 23 heavy (non-hydrogen) atoms. The van der Waals surface area contributed by atoms with E-state index in [1.807, 2.05) is 49.4 Å². The third-order valence-electron chi connectivity index (χ3n) is 4.86. The fraction of sp³-hybridized carbons (Fsp3) is 0.412. The number of hydrogen-bond acceptors (Lipinski definition) is 2. The minimum absolute atomic E-state index is 0.0159. The molecule has 6 heteroatoms. The van der Waals surface area contributed by atoms with Crippen LogP contribution in [0.2, 0.25) is 0 Å². The number of fused-ring (bicyclic) bond motifs is 1. The molecule has 6 nitrogen and oxygen atoms in total. The maximum absolute atomic E-state index is 12.2. The molecule has 1 aromatic carbocycles. The summed E-state index contributed by atoms with van der Waals surface area (Å²) in [5.74, 6) is 0.0698. The van der Waals surface area contributed by atoms with E-state index in [-0.39, 0.29) is 36.2 Å². The van der Waals surface area contributed by atoms with Crippen molar-refractivity contribution in [3.63, 3.8) is 0 Å². The molecular weight excluding hydrogens is 292 g/mol. The molecule has 4 amide bonds. The van der Waals surface area contributed by atoms with Gasteiger partial charge in [0.2, 0.25) is 0 Å². The van der Waals surface area contributed by atoms with Crippen LogP contribution in [0.3, 0.4) is 0 Å². The Morgan fingerprint density at radius 3 is 2.35 bits per heavy atom. The molecule has 2 fully saturated rings. The molecule has 122 valence electrons. The van der Waals surface area contributed by atoms with Gasteiger partial charge in [0.25, 0.3) is 0 Å². The number of urea groups is 2. The smallest absolute Gasteiger partial charge is 0.319 e. The molecule has 2 unspecified atom stereocenters. The summed E-state index contributed by atoms with van der Waals surface area (Å²) in [5, 5.41) is 5.95. The van der Waals surface area contributed by atoms with Crippen molar-refractivity contribution in [1.82, 2.24) is 20.4 Å². The highest BCUT2D eigenvalue weighted by molar-refractivity contribution is 5.80. The molecule has 0 spiro atoms. The van der Waals surface area contributed by atoms with Crippen molar-refractivity contribution in [2.24, 2.45) is 5.92 Å². The van der Waals surface area contributed by atoms with Crippen LogP contribution in [0.15, 0.2) is 36.4 Å². The molecule has 2 aliphatic rings. The standard InChI is InChI=1S/C17H22N4O2/c1-11-14-13(10-9-12-7-5-4-6-8-12)18-16(22)21(3)15(14)19-17(23)20(11)2/h4-11,13-15H,1-3H3,(H,18,22)(H,19,23)/t11?,13?,14-,15-/m1/s1. The molecule has 2 saturated heterocycles. The van der Waals surface area contributed by atoms with Gasteiger partial charge in [0, 0.05) is 26.1 Å². The Kier molecular flexibility index (Phi) is 3.98. The quantitative estimate of drug-likeness (QED) is 0.873. The highest BCUT2D eigenvalue weighted by Crippen LogP contribution is 2.29. The number of hydrogen-bond donors (Lipinski definition) is 2. The minimum atomic E-state index is -0.298. The van der Waals surface area contributed by atoms with E-state index >= 15 is 0 Å². The molecule has 0 aromatic heterocycles. The average Bonchev–Trinajstić information content (AvgIpc) is 2.55. The summed E-state index contributed by atoms with van der Waals surface area (Å²) < 4.78 is 0. The van der Waals surface area contributed by atoms with Gasteiger partial charge in [0.1, 0.15) is 6.17 Å². The number of carbonyl (C=O) groups excluding carboxylic acids is 2. The van der Waals surface area contributed by atoms with Crippen LogP contribution in [0.4, 0.5) is 9.59 Å². The summed E-state index contributed by atoms with van der Waals surface area (Å²) >= 11 is 0. The van der Waals surface area contributed by atoms with Crippen LogP contribution in [0.5, 0.6) is 0 Å². The first kappa shape index (κ1) is 15.4. The first-order valence-electron chi connectivity index (χ1n) is 7.79. The number of rotatable bonds is 2. The van der Waals surface area contributed by atoms with Crippen molar-refractivity contribution in [2.45, 2.75) is 25.2 Å². The fourth-order valence-electron chi connectivity index (χ4n) is 3.31. The van der Waals surface area contributed by atoms with Crippen LogP contribution in [0.25, 0.3) is 6.08 Å². The lowest BCUT2D eigenvalue weighted by molar-refractivity contribution is 0.0376. The Bertz CT molecular complexity index is 631. The largest absolute Gasteiger partial charge is 0.331 e. The first-order chi connectivity index (χ1) is 11.0. The molecule has 2 N–H and O–H groups in total. The molecule has 0 aliphatic carbocycles. The van der Waals surface area contributed by atoms with Crippen molar-refractivity contribution >= 4 is 18.1 Å². The van der Waals surface area contributed by atoms with Crippen molar-refractivity contribution in [2.75, 3.05) is 14.1 Å². The first-order valence-corrected chi connectivity index (χ1v) is 7.79. The number of benzene rings is 1. The third kappa shape index (κ3) is 2.76. The number of amides is 4. The predicted octanol–water partition coefficient (Wildman–Crippen LogP) is 1.71. The Balaban J connectivity index is 1.88. The Morgan fingerprint density at radius 1 is 1.00 bits per heavy atom. The molecule has 1 aromatic rings. The monoisotopic (exact) mass is 314 g/mol. The Labute approximate surface area is 136 Å². The van der Waals surface area contributed by atoms with E-state index in [2.05, 4.69) is 10.6 Å². The van der Waals surface area contributed by atoms with E-state index < -0.39 is 0 Å². The lowest BCUT2D eigenvalue weighted by Gasteiger charge is -2.51. The van der Waals surface area contributed by atoms with Crippen molar-refractivity contribution in [3.05, 3.63) is 42.0 Å². The Morgan fingerprint density at radius 2 is 1.65 bits per heavy atom. The zero-order chi connectivity index (χ0) is 16.6. The highest BCUT2D eigenvalue weighted by atomic mass is 16.2. The van der Waals surface area contributed by atoms with Crippen molar-refractivity contribution < 1.29 is 9.59 Å². The summed E-state index contributed by atoms with van der Waals surface area (Å²) in [6, 6.07) is 9.52. The molecule has 2 aliphatic heterocycles. The van der Waals surface area contributed by atoms with E-state index in [1.165, 1.54) is 0 Å². The zero-order valence-corrected chi connectivity index (χ0v) is 13.6. The van der Waals surface area contributed by atoms with Gasteiger partial charge in [-0.25, -0.2) is 9.59 Å². The minimum Gasteiger partial charge on any atom is -0.331 e. The second-order valence-electron chi connectivity index (χ2n) is 6.18. The van der Waals surface area contributed by atoms with Crippen LogP contribution < -0.4 is 10.6 Å². The molecule has 0 radical (unpaired) electrons. The van der Waals surface area contributed by atoms with Gasteiger partial charge in [-0.15, -0.1) is 0 Å². The number of nitrogens with zero attached hydrogens (tertiary/aromatic N) is 2. The molecule has 2 heterocycles. The van der Waals surface area contributed by atoms with Crippen LogP contribution in [-0.4, -0.2) is 54.2 Å². The van der Waals surface area contributed by atoms with Gasteiger partial charge < -0.3 is 20.4 Å². The van der Waals surface area contributed by atoms with Crippen molar-refractivity contribution in [1.29, 1.82) is 0 Å². The lowest BCUT2D eigenvalue weighted by atomic mass is 9.84. The molecular formula is C17H22N4O2. The molecule has 3 rings (SSSR count). The summed E-state index contributed by atoms with van der Waals surface area (Å²) in [4.78, 5) is 27.5. The number of carbonyl (C=O) groups is 2. The highest BCUT2D eigenvalue weighted by Gasteiger charge is 2.47. The summed E-state index contributed by atoms with van der Waals surface area (Å²) in [6.07, 6.45) is 3.73. The zero-order valence-electron chi connectivity index (χ0n) is 13.6. The van der Waals surface area contributed by atoms with Crippen LogP contribution in [0.1, 0.15) is 12.5 Å². The van der Waals surface area contributed by atoms with E-state index in [9.17, 15) is 9.59 Å². The maximum atomic E-state index is 12.2. The predicted molar refractivity (Wildman–Crippen MR) is 88.6 cm³/mol. The summed E-state index contributed by atoms with van der Waals surface area (Å²) in [5.41, 5.74) is 1.08. The van der Waals surface area contributed by atoms with Crippen LogP contribution >= 0.6 is 0 Å². The maximum Gasteiger partial charge on any atom is 0.319 e. The average molecular weight is 314 g/mol. The topological polar surface area (TPSA) is 64.7 Å². The second-order valence-corrected chi connectivity index (χ2v) is 6.18. The van der Waals surface area contributed by atoms with E-state index in [4.69, 9.17) is 0 Å². The van der Waals surface area contributed by atoms with Gasteiger partial charge in [-0.1, -0.05) is 42.5 Å². The third-order valence-corrected chi connectivity index (χ3v) is 4.86. The van der Waals surface area contributed by atoms with Gasteiger partial charge in [0.05, 0.1) is 6.04 Å². The number of nitrogens with one attached hydrogen (secondary N) is 2. The van der Waals surface area contributed by atoms with Gasteiger partial charge in [-0.2, -0.15) is 0 Å². The lowest BCUT2D eigenvalue weighted by Crippen LogP contribution is -2.73. The molecule has 0 saturated carbocycles. The van der Waals surface area contributed by atoms with Gasteiger partial charge in [-0.05, 0) is 12.5 Å². The Hall–Kier alpha value is -2.50. The van der Waals surface area contributed by atoms with E-state index in [1.54, 1.807) is 23.9 Å². The normalized spacial score (nSPS) is 30.9. The van der Waals surface area contributed by atoms with Gasteiger partial charge in [-0.3, -0.25) is 0 Å². The van der Waals surface area contributed by atoms with E-state index in [0.717, 1.165) is 5.56 Å². The van der Waals surface area contributed by atoms with E-state index in [0.29, 0.717) is 0 Å². The van der Waals surface area contributed by atoms with Gasteiger partial charge >= 0.3 is 12.1 Å². The second kappa shape index (κ2) is 5.95. The summed E-state index contributed by atoms with van der Waals surface area (Å²) in [7, 11) is 3.49. The molecule has 4 atom stereocenters. The molecule has 0 bridgehead atoms. The van der Waals surface area contributed by atoms with Crippen molar-refractivity contribution in [3.8, 4) is 0 Å². The van der Waals surface area contributed by atoms with Gasteiger partial charge in [0.15, 0.2) is 0 Å². The van der Waals surface area contributed by atoms with Crippen LogP contribution in [0, 0.1) is 5.92 Å².